The topological polar surface area (TPSA) is 47.9 Å². The second kappa shape index (κ2) is 5.17. The van der Waals surface area contributed by atoms with Crippen LogP contribution in [0, 0.1) is 5.92 Å². The van der Waals surface area contributed by atoms with Crippen molar-refractivity contribution in [3.63, 3.8) is 0 Å². The Balaban J connectivity index is 1.89. The first kappa shape index (κ1) is 13.2. The summed E-state index contributed by atoms with van der Waals surface area (Å²) in [6.45, 7) is 1.27. The zero-order chi connectivity index (χ0) is 13.2. The third-order valence-electron chi connectivity index (χ3n) is 3.31. The quantitative estimate of drug-likeness (QED) is 0.744. The van der Waals surface area contributed by atoms with E-state index < -0.39 is 11.7 Å². The number of halogens is 3. The summed E-state index contributed by atoms with van der Waals surface area (Å²) in [5.74, 6) is 0.797. The lowest BCUT2D eigenvalue weighted by Crippen LogP contribution is -2.46. The number of aliphatic imine (C=N–C) groups is 1. The van der Waals surface area contributed by atoms with Gasteiger partial charge in [0.2, 0.25) is 0 Å². The van der Waals surface area contributed by atoms with Crippen LogP contribution < -0.4 is 5.32 Å². The second-order valence-electron chi connectivity index (χ2n) is 4.56. The van der Waals surface area contributed by atoms with Gasteiger partial charge in [0.05, 0.1) is 12.1 Å². The van der Waals surface area contributed by atoms with Crippen LogP contribution >= 0.6 is 0 Å². The summed E-state index contributed by atoms with van der Waals surface area (Å²) < 4.78 is 37.2. The summed E-state index contributed by atoms with van der Waals surface area (Å²) in [6, 6.07) is 0. The molecule has 0 atom stereocenters. The van der Waals surface area contributed by atoms with Crippen LogP contribution in [0.3, 0.4) is 0 Å². The van der Waals surface area contributed by atoms with Gasteiger partial charge in [-0.05, 0) is 18.8 Å². The molecule has 1 fully saturated rings. The first-order chi connectivity index (χ1) is 8.50. The maximum atomic E-state index is 12.4. The molecular weight excluding hydrogens is 247 g/mol. The molecule has 2 aliphatic heterocycles. The molecule has 0 amide bonds. The number of piperidine rings is 1. The Labute approximate surface area is 103 Å². The lowest BCUT2D eigenvalue weighted by Gasteiger charge is -2.34. The normalized spacial score (nSPS) is 22.3. The summed E-state index contributed by atoms with van der Waals surface area (Å²) in [7, 11) is 0. The molecule has 2 heterocycles. The standard InChI is InChI=1S/C11H16F3N3O/c12-11(13,14)9-5-15-10(16-6-9)17-3-1-8(7-18)2-4-17/h5,8,18H,1-4,6-7H2,(H,15,16). The molecule has 2 rings (SSSR count). The molecule has 0 radical (unpaired) electrons. The van der Waals surface area contributed by atoms with E-state index in [0.717, 1.165) is 19.0 Å². The van der Waals surface area contributed by atoms with Crippen LogP contribution in [-0.4, -0.2) is 48.4 Å². The van der Waals surface area contributed by atoms with Crippen molar-refractivity contribution in [1.29, 1.82) is 0 Å². The number of rotatable bonds is 1. The van der Waals surface area contributed by atoms with Crippen molar-refractivity contribution >= 4 is 5.96 Å². The second-order valence-corrected chi connectivity index (χ2v) is 4.56. The number of nitrogens with one attached hydrogen (secondary N) is 1. The molecule has 2 N–H and O–H groups in total. The molecule has 18 heavy (non-hydrogen) atoms. The van der Waals surface area contributed by atoms with Crippen LogP contribution in [-0.2, 0) is 0 Å². The zero-order valence-corrected chi connectivity index (χ0v) is 9.87. The molecule has 0 spiro atoms. The summed E-state index contributed by atoms with van der Waals surface area (Å²) in [4.78, 5) is 5.86. The summed E-state index contributed by atoms with van der Waals surface area (Å²) >= 11 is 0. The van der Waals surface area contributed by atoms with Crippen molar-refractivity contribution in [1.82, 2.24) is 10.2 Å². The van der Waals surface area contributed by atoms with Crippen LogP contribution in [0.4, 0.5) is 13.2 Å². The zero-order valence-electron chi connectivity index (χ0n) is 9.87. The van der Waals surface area contributed by atoms with Crippen LogP contribution in [0.5, 0.6) is 0 Å². The van der Waals surface area contributed by atoms with E-state index in [4.69, 9.17) is 5.11 Å². The highest BCUT2D eigenvalue weighted by Crippen LogP contribution is 2.26. The van der Waals surface area contributed by atoms with Crippen molar-refractivity contribution in [3.8, 4) is 0 Å². The molecule has 7 heteroatoms. The third-order valence-corrected chi connectivity index (χ3v) is 3.31. The molecule has 102 valence electrons. The minimum atomic E-state index is -4.31. The Morgan fingerprint density at radius 3 is 2.50 bits per heavy atom. The Kier molecular flexibility index (Phi) is 3.79. The summed E-state index contributed by atoms with van der Waals surface area (Å²) in [5, 5.41) is 11.6. The van der Waals surface area contributed by atoms with Crippen molar-refractivity contribution < 1.29 is 18.3 Å². The number of aliphatic hydroxyl groups excluding tert-OH is 1. The van der Waals surface area contributed by atoms with Gasteiger partial charge in [-0.15, -0.1) is 0 Å². The molecule has 0 bridgehead atoms. The van der Waals surface area contributed by atoms with Gasteiger partial charge in [0.25, 0.3) is 0 Å². The SMILES string of the molecule is OCC1CCN(C2=NCC(C(F)(F)F)=CN2)CC1. The highest BCUT2D eigenvalue weighted by atomic mass is 19.4. The monoisotopic (exact) mass is 263 g/mol. The Hall–Kier alpha value is -1.24. The molecule has 0 aromatic rings. The van der Waals surface area contributed by atoms with E-state index in [1.807, 2.05) is 4.90 Å². The van der Waals surface area contributed by atoms with E-state index in [2.05, 4.69) is 10.3 Å². The smallest absolute Gasteiger partial charge is 0.396 e. The number of likely N-dealkylation sites (tertiary alicyclic amines) is 1. The van der Waals surface area contributed by atoms with Crippen LogP contribution in [0.15, 0.2) is 16.8 Å². The molecule has 0 aromatic heterocycles. The van der Waals surface area contributed by atoms with Crippen molar-refractivity contribution in [3.05, 3.63) is 11.8 Å². The average molecular weight is 263 g/mol. The van der Waals surface area contributed by atoms with E-state index in [9.17, 15) is 13.2 Å². The van der Waals surface area contributed by atoms with Gasteiger partial charge in [-0.2, -0.15) is 13.2 Å². The van der Waals surface area contributed by atoms with Gasteiger partial charge in [-0.3, -0.25) is 0 Å². The fourth-order valence-corrected chi connectivity index (χ4v) is 2.09. The van der Waals surface area contributed by atoms with E-state index in [1.165, 1.54) is 0 Å². The summed E-state index contributed by atoms with van der Waals surface area (Å²) in [6.07, 6.45) is -1.65. The van der Waals surface area contributed by atoms with Crippen molar-refractivity contribution in [2.75, 3.05) is 26.2 Å². The van der Waals surface area contributed by atoms with E-state index in [0.29, 0.717) is 25.0 Å². The highest BCUT2D eigenvalue weighted by molar-refractivity contribution is 5.82. The van der Waals surface area contributed by atoms with Crippen LogP contribution in [0.25, 0.3) is 0 Å². The van der Waals surface area contributed by atoms with Crippen LogP contribution in [0.1, 0.15) is 12.8 Å². The van der Waals surface area contributed by atoms with Gasteiger partial charge in [0.15, 0.2) is 5.96 Å². The number of aliphatic hydroxyl groups is 1. The molecule has 2 aliphatic rings. The van der Waals surface area contributed by atoms with Gasteiger partial charge in [-0.1, -0.05) is 0 Å². The largest absolute Gasteiger partial charge is 0.415 e. The lowest BCUT2D eigenvalue weighted by atomic mass is 9.98. The van der Waals surface area contributed by atoms with E-state index >= 15 is 0 Å². The molecule has 0 aliphatic carbocycles. The first-order valence-corrected chi connectivity index (χ1v) is 5.93. The maximum absolute atomic E-state index is 12.4. The highest BCUT2D eigenvalue weighted by Gasteiger charge is 2.35. The Morgan fingerprint density at radius 2 is 2.06 bits per heavy atom. The van der Waals surface area contributed by atoms with Gasteiger partial charge < -0.3 is 15.3 Å². The number of hydrogen-bond acceptors (Lipinski definition) is 4. The Morgan fingerprint density at radius 1 is 1.39 bits per heavy atom. The van der Waals surface area contributed by atoms with Gasteiger partial charge in [0.1, 0.15) is 0 Å². The number of guanidine groups is 1. The van der Waals surface area contributed by atoms with Crippen LogP contribution in [0.2, 0.25) is 0 Å². The van der Waals surface area contributed by atoms with Gasteiger partial charge >= 0.3 is 6.18 Å². The van der Waals surface area contributed by atoms with Gasteiger partial charge in [0, 0.05) is 25.9 Å². The molecule has 0 aromatic carbocycles. The average Bonchev–Trinajstić information content (AvgIpc) is 2.38. The van der Waals surface area contributed by atoms with Crippen molar-refractivity contribution in [2.45, 2.75) is 19.0 Å². The lowest BCUT2D eigenvalue weighted by molar-refractivity contribution is -0.0926. The van der Waals surface area contributed by atoms with Gasteiger partial charge in [-0.25, -0.2) is 4.99 Å². The fourth-order valence-electron chi connectivity index (χ4n) is 2.09. The summed E-state index contributed by atoms with van der Waals surface area (Å²) in [5.41, 5.74) is -0.656. The predicted octanol–water partition coefficient (Wildman–Crippen LogP) is 1.10. The number of hydrogen-bond donors (Lipinski definition) is 2. The number of alkyl halides is 3. The molecule has 0 unspecified atom stereocenters. The molecule has 0 saturated carbocycles. The third kappa shape index (κ3) is 2.95. The Bertz CT molecular complexity index is 357. The van der Waals surface area contributed by atoms with E-state index in [1.54, 1.807) is 0 Å². The molecule has 4 nitrogen and oxygen atoms in total. The minimum Gasteiger partial charge on any atom is -0.396 e. The van der Waals surface area contributed by atoms with E-state index in [-0.39, 0.29) is 13.2 Å². The first-order valence-electron chi connectivity index (χ1n) is 5.93. The molecular formula is C11H16F3N3O. The minimum absolute atomic E-state index is 0.172. The van der Waals surface area contributed by atoms with Crippen molar-refractivity contribution in [2.24, 2.45) is 10.9 Å². The number of nitrogens with zero attached hydrogens (tertiary/aromatic N) is 2. The fraction of sp³-hybridized carbons (Fsp3) is 0.727. The predicted molar refractivity (Wildman–Crippen MR) is 61.0 cm³/mol. The molecule has 1 saturated heterocycles. The maximum Gasteiger partial charge on any atom is 0.415 e.